The number of hydrogen-bond acceptors (Lipinski definition) is 3. The fourth-order valence-corrected chi connectivity index (χ4v) is 1.66. The van der Waals surface area contributed by atoms with Crippen molar-refractivity contribution in [3.63, 3.8) is 0 Å². The summed E-state index contributed by atoms with van der Waals surface area (Å²) in [4.78, 5) is 10.4. The minimum atomic E-state index is -0.243. The van der Waals surface area contributed by atoms with Crippen LogP contribution >= 0.6 is 0 Å². The van der Waals surface area contributed by atoms with Gasteiger partial charge in [0.05, 0.1) is 6.61 Å². The number of piperidine rings is 1. The average molecular weight is 200 g/mol. The molecule has 3 N–H and O–H groups in total. The Morgan fingerprint density at radius 3 is 3.07 bits per heavy atom. The molecule has 82 valence electrons. The molecule has 0 aromatic heterocycles. The highest BCUT2D eigenvalue weighted by atomic mass is 16.5. The second-order valence-corrected chi connectivity index (χ2v) is 3.86. The maximum absolute atomic E-state index is 10.4. The molecular weight excluding hydrogens is 180 g/mol. The first-order valence-electron chi connectivity index (χ1n) is 5.36. The van der Waals surface area contributed by atoms with E-state index in [-0.39, 0.29) is 5.91 Å². The summed E-state index contributed by atoms with van der Waals surface area (Å²) >= 11 is 0. The molecule has 1 fully saturated rings. The number of nitrogens with one attached hydrogen (secondary N) is 1. The van der Waals surface area contributed by atoms with Crippen molar-refractivity contribution in [3.8, 4) is 0 Å². The van der Waals surface area contributed by atoms with E-state index in [0.717, 1.165) is 26.1 Å². The summed E-state index contributed by atoms with van der Waals surface area (Å²) in [5.74, 6) is 0.408. The molecule has 0 bridgehead atoms. The Bertz CT molecular complexity index is 168. The van der Waals surface area contributed by atoms with Gasteiger partial charge >= 0.3 is 0 Å². The third-order valence-electron chi connectivity index (χ3n) is 2.46. The molecular formula is C10H20N2O2. The topological polar surface area (TPSA) is 64.4 Å². The van der Waals surface area contributed by atoms with Gasteiger partial charge in [-0.15, -0.1) is 0 Å². The summed E-state index contributed by atoms with van der Waals surface area (Å²) in [6.45, 7) is 3.67. The van der Waals surface area contributed by atoms with Crippen molar-refractivity contribution in [1.82, 2.24) is 5.32 Å². The van der Waals surface area contributed by atoms with Crippen molar-refractivity contribution < 1.29 is 9.53 Å². The highest BCUT2D eigenvalue weighted by Gasteiger charge is 2.12. The van der Waals surface area contributed by atoms with Crippen molar-refractivity contribution in [2.45, 2.75) is 25.7 Å². The van der Waals surface area contributed by atoms with Crippen LogP contribution in [0.5, 0.6) is 0 Å². The number of primary amides is 1. The third-order valence-corrected chi connectivity index (χ3v) is 2.46. The first kappa shape index (κ1) is 11.5. The Hall–Kier alpha value is -0.610. The van der Waals surface area contributed by atoms with E-state index in [2.05, 4.69) is 5.32 Å². The van der Waals surface area contributed by atoms with Crippen LogP contribution in [0.1, 0.15) is 25.7 Å². The van der Waals surface area contributed by atoms with E-state index in [1.807, 2.05) is 0 Å². The van der Waals surface area contributed by atoms with Gasteiger partial charge in [0.25, 0.3) is 0 Å². The number of rotatable bonds is 6. The highest BCUT2D eigenvalue weighted by Crippen LogP contribution is 2.09. The van der Waals surface area contributed by atoms with Crippen LogP contribution < -0.4 is 11.1 Å². The zero-order valence-electron chi connectivity index (χ0n) is 8.63. The molecule has 1 aliphatic rings. The van der Waals surface area contributed by atoms with Crippen molar-refractivity contribution in [2.24, 2.45) is 11.7 Å². The van der Waals surface area contributed by atoms with Gasteiger partial charge < -0.3 is 15.8 Å². The highest BCUT2D eigenvalue weighted by molar-refractivity contribution is 5.73. The van der Waals surface area contributed by atoms with Gasteiger partial charge in [0.15, 0.2) is 0 Å². The Morgan fingerprint density at radius 2 is 2.43 bits per heavy atom. The molecule has 1 heterocycles. The van der Waals surface area contributed by atoms with Crippen LogP contribution in [0.15, 0.2) is 0 Å². The normalized spacial score (nSPS) is 22.1. The lowest BCUT2D eigenvalue weighted by molar-refractivity contribution is -0.118. The lowest BCUT2D eigenvalue weighted by atomic mass is 10.0. The predicted octanol–water partition coefficient (Wildman–Crippen LogP) is 0.268. The summed E-state index contributed by atoms with van der Waals surface area (Å²) in [5.41, 5.74) is 5.01. The van der Waals surface area contributed by atoms with Crippen LogP contribution in [-0.2, 0) is 9.53 Å². The fraction of sp³-hybridized carbons (Fsp3) is 0.900. The maximum Gasteiger partial charge on any atom is 0.217 e. The largest absolute Gasteiger partial charge is 0.381 e. The number of nitrogens with two attached hydrogens (primary N) is 1. The van der Waals surface area contributed by atoms with Crippen LogP contribution in [0.3, 0.4) is 0 Å². The number of carbonyl (C=O) groups excluding carboxylic acids is 1. The number of ether oxygens (including phenoxy) is 1. The minimum absolute atomic E-state index is 0.243. The zero-order valence-corrected chi connectivity index (χ0v) is 8.63. The third kappa shape index (κ3) is 5.19. The Labute approximate surface area is 85.2 Å². The molecule has 0 aromatic rings. The summed E-state index contributed by atoms with van der Waals surface area (Å²) in [6.07, 6.45) is 3.68. The number of hydrogen-bond donors (Lipinski definition) is 2. The van der Waals surface area contributed by atoms with Crippen molar-refractivity contribution >= 4 is 5.91 Å². The van der Waals surface area contributed by atoms with Crippen molar-refractivity contribution in [1.29, 1.82) is 0 Å². The smallest absolute Gasteiger partial charge is 0.217 e. The number of carbonyl (C=O) groups is 1. The Kier molecular flexibility index (Phi) is 5.56. The molecule has 0 aromatic carbocycles. The number of amides is 1. The molecule has 4 heteroatoms. The Balaban J connectivity index is 1.90. The monoisotopic (exact) mass is 200 g/mol. The van der Waals surface area contributed by atoms with Crippen LogP contribution in [-0.4, -0.2) is 32.2 Å². The summed E-state index contributed by atoms with van der Waals surface area (Å²) in [7, 11) is 0. The van der Waals surface area contributed by atoms with E-state index in [1.165, 1.54) is 12.8 Å². The zero-order chi connectivity index (χ0) is 10.2. The van der Waals surface area contributed by atoms with Crippen LogP contribution in [0, 0.1) is 5.92 Å². The molecule has 1 atom stereocenters. The van der Waals surface area contributed by atoms with Crippen LogP contribution in [0.4, 0.5) is 0 Å². The van der Waals surface area contributed by atoms with Crippen LogP contribution in [0.25, 0.3) is 0 Å². The molecule has 0 aliphatic carbocycles. The SMILES string of the molecule is NC(=O)CCCOCC1CCCNC1. The first-order chi connectivity index (χ1) is 6.79. The molecule has 0 radical (unpaired) electrons. The van der Waals surface area contributed by atoms with E-state index in [1.54, 1.807) is 0 Å². The fourth-order valence-electron chi connectivity index (χ4n) is 1.66. The summed E-state index contributed by atoms with van der Waals surface area (Å²) in [6, 6.07) is 0. The van der Waals surface area contributed by atoms with Gasteiger partial charge in [0.1, 0.15) is 0 Å². The lowest BCUT2D eigenvalue weighted by Crippen LogP contribution is -2.32. The van der Waals surface area contributed by atoms with Gasteiger partial charge in [0, 0.05) is 19.6 Å². The van der Waals surface area contributed by atoms with Crippen molar-refractivity contribution in [3.05, 3.63) is 0 Å². The van der Waals surface area contributed by atoms with E-state index in [9.17, 15) is 4.79 Å². The van der Waals surface area contributed by atoms with Gasteiger partial charge in [-0.3, -0.25) is 4.79 Å². The summed E-state index contributed by atoms with van der Waals surface area (Å²) in [5, 5.41) is 3.34. The van der Waals surface area contributed by atoms with Gasteiger partial charge in [-0.25, -0.2) is 0 Å². The predicted molar refractivity (Wildman–Crippen MR) is 54.8 cm³/mol. The summed E-state index contributed by atoms with van der Waals surface area (Å²) < 4.78 is 5.48. The van der Waals surface area contributed by atoms with Crippen LogP contribution in [0.2, 0.25) is 0 Å². The minimum Gasteiger partial charge on any atom is -0.381 e. The molecule has 0 saturated carbocycles. The molecule has 1 saturated heterocycles. The van der Waals surface area contributed by atoms with Gasteiger partial charge in [-0.05, 0) is 31.7 Å². The average Bonchev–Trinajstić information content (AvgIpc) is 2.18. The second-order valence-electron chi connectivity index (χ2n) is 3.86. The molecule has 1 unspecified atom stereocenters. The van der Waals surface area contributed by atoms with E-state index in [0.29, 0.717) is 18.9 Å². The standard InChI is InChI=1S/C10H20N2O2/c11-10(13)4-2-6-14-8-9-3-1-5-12-7-9/h9,12H,1-8H2,(H2,11,13). The molecule has 1 amide bonds. The second kappa shape index (κ2) is 6.79. The van der Waals surface area contributed by atoms with Crippen molar-refractivity contribution in [2.75, 3.05) is 26.3 Å². The lowest BCUT2D eigenvalue weighted by Gasteiger charge is -2.22. The van der Waals surface area contributed by atoms with E-state index < -0.39 is 0 Å². The molecule has 4 nitrogen and oxygen atoms in total. The quantitative estimate of drug-likeness (QED) is 0.605. The molecule has 1 aliphatic heterocycles. The molecule has 14 heavy (non-hydrogen) atoms. The van der Waals surface area contributed by atoms with Gasteiger partial charge in [-0.1, -0.05) is 0 Å². The van der Waals surface area contributed by atoms with Gasteiger partial charge in [-0.2, -0.15) is 0 Å². The first-order valence-corrected chi connectivity index (χ1v) is 5.36. The van der Waals surface area contributed by atoms with E-state index >= 15 is 0 Å². The maximum atomic E-state index is 10.4. The molecule has 1 rings (SSSR count). The molecule has 0 spiro atoms. The van der Waals surface area contributed by atoms with E-state index in [4.69, 9.17) is 10.5 Å². The van der Waals surface area contributed by atoms with Gasteiger partial charge in [0.2, 0.25) is 5.91 Å². The Morgan fingerprint density at radius 1 is 1.57 bits per heavy atom.